The van der Waals surface area contributed by atoms with Gasteiger partial charge in [-0.2, -0.15) is 0 Å². The Balaban J connectivity index is 2.02. The number of rotatable bonds is 8. The van der Waals surface area contributed by atoms with Crippen molar-refractivity contribution in [2.24, 2.45) is 0 Å². The molecule has 6 heteroatoms. The molecule has 1 amide bonds. The smallest absolute Gasteiger partial charge is 0.258 e. The van der Waals surface area contributed by atoms with Gasteiger partial charge in [-0.05, 0) is 17.5 Å². The highest BCUT2D eigenvalue weighted by Gasteiger charge is 2.10. The quantitative estimate of drug-likeness (QED) is 0.576. The first-order chi connectivity index (χ1) is 11.2. The fourth-order valence-electron chi connectivity index (χ4n) is 2.20. The van der Waals surface area contributed by atoms with Crippen molar-refractivity contribution in [3.05, 3.63) is 42.0 Å². The number of fused-ring (bicyclic) bond motifs is 1. The van der Waals surface area contributed by atoms with Crippen LogP contribution in [0.3, 0.4) is 0 Å². The van der Waals surface area contributed by atoms with Gasteiger partial charge < -0.3 is 24.9 Å². The van der Waals surface area contributed by atoms with Gasteiger partial charge in [0.15, 0.2) is 12.9 Å². The Bertz CT molecular complexity index is 683. The summed E-state index contributed by atoms with van der Waals surface area (Å²) in [6, 6.07) is 11.2. The van der Waals surface area contributed by atoms with Gasteiger partial charge in [0.2, 0.25) is 0 Å². The van der Waals surface area contributed by atoms with Crippen molar-refractivity contribution in [3.8, 4) is 5.75 Å². The molecule has 2 N–H and O–H groups in total. The molecule has 6 nitrogen and oxygen atoms in total. The third-order valence-corrected chi connectivity index (χ3v) is 3.42. The summed E-state index contributed by atoms with van der Waals surface area (Å²) in [7, 11) is 3.02. The molecule has 0 aliphatic rings. The number of nitrogens with one attached hydrogen (secondary N) is 2. The van der Waals surface area contributed by atoms with E-state index in [-0.39, 0.29) is 19.1 Å². The van der Waals surface area contributed by atoms with E-state index in [1.807, 2.05) is 24.3 Å². The molecule has 2 aromatic rings. The molecule has 2 rings (SSSR count). The molecule has 0 bridgehead atoms. The highest BCUT2D eigenvalue weighted by molar-refractivity contribution is 6.01. The summed E-state index contributed by atoms with van der Waals surface area (Å²) in [6.07, 6.45) is 0.820. The molecule has 0 saturated heterocycles. The summed E-state index contributed by atoms with van der Waals surface area (Å²) < 4.78 is 15.6. The van der Waals surface area contributed by atoms with Crippen LogP contribution in [0.5, 0.6) is 5.75 Å². The Morgan fingerprint density at radius 3 is 2.52 bits per heavy atom. The van der Waals surface area contributed by atoms with E-state index in [1.165, 1.54) is 20.4 Å². The highest BCUT2D eigenvalue weighted by atomic mass is 16.7. The van der Waals surface area contributed by atoms with Crippen molar-refractivity contribution in [1.29, 1.82) is 5.41 Å². The van der Waals surface area contributed by atoms with E-state index < -0.39 is 6.29 Å². The first-order valence-electron chi connectivity index (χ1n) is 7.17. The third kappa shape index (κ3) is 4.28. The van der Waals surface area contributed by atoms with E-state index in [2.05, 4.69) is 5.32 Å². The zero-order chi connectivity index (χ0) is 16.7. The number of carbonyl (C=O) groups is 1. The molecule has 0 heterocycles. The summed E-state index contributed by atoms with van der Waals surface area (Å²) in [6.45, 7) is 0.150. The topological polar surface area (TPSA) is 80.6 Å². The molecule has 0 fully saturated rings. The van der Waals surface area contributed by atoms with Crippen LogP contribution in [0.15, 0.2) is 36.4 Å². The zero-order valence-corrected chi connectivity index (χ0v) is 13.2. The predicted octanol–water partition coefficient (Wildman–Crippen LogP) is 1.95. The molecule has 23 heavy (non-hydrogen) atoms. The van der Waals surface area contributed by atoms with Gasteiger partial charge in [-0.25, -0.2) is 0 Å². The van der Waals surface area contributed by atoms with Gasteiger partial charge in [0.05, 0.1) is 6.54 Å². The SMILES string of the molecule is COC(CNC(=O)COc1ccc(C=N)c2ccccc12)OC. The second kappa shape index (κ2) is 8.26. The van der Waals surface area contributed by atoms with Gasteiger partial charge in [-0.15, -0.1) is 0 Å². The van der Waals surface area contributed by atoms with E-state index in [0.29, 0.717) is 5.75 Å². The minimum Gasteiger partial charge on any atom is -0.483 e. The van der Waals surface area contributed by atoms with Crippen LogP contribution in [0.4, 0.5) is 0 Å². The van der Waals surface area contributed by atoms with Crippen LogP contribution in [0.1, 0.15) is 5.56 Å². The number of benzene rings is 2. The molecule has 0 atom stereocenters. The minimum absolute atomic E-state index is 0.103. The first-order valence-corrected chi connectivity index (χ1v) is 7.17. The van der Waals surface area contributed by atoms with Gasteiger partial charge in [-0.3, -0.25) is 4.79 Å². The Labute approximate surface area is 134 Å². The van der Waals surface area contributed by atoms with E-state index >= 15 is 0 Å². The van der Waals surface area contributed by atoms with Gasteiger partial charge in [0.1, 0.15) is 5.75 Å². The number of hydrogen-bond acceptors (Lipinski definition) is 5. The van der Waals surface area contributed by atoms with Crippen molar-refractivity contribution in [1.82, 2.24) is 5.32 Å². The van der Waals surface area contributed by atoms with Crippen molar-refractivity contribution in [2.75, 3.05) is 27.4 Å². The van der Waals surface area contributed by atoms with E-state index in [4.69, 9.17) is 19.6 Å². The van der Waals surface area contributed by atoms with Crippen molar-refractivity contribution in [2.45, 2.75) is 6.29 Å². The summed E-state index contributed by atoms with van der Waals surface area (Å²) >= 11 is 0. The van der Waals surface area contributed by atoms with Crippen LogP contribution in [0.25, 0.3) is 10.8 Å². The number of hydrogen-bond donors (Lipinski definition) is 2. The van der Waals surface area contributed by atoms with Gasteiger partial charge in [0, 0.05) is 31.4 Å². The number of amides is 1. The maximum atomic E-state index is 11.8. The van der Waals surface area contributed by atoms with E-state index in [1.54, 1.807) is 12.1 Å². The molecule has 0 radical (unpaired) electrons. The number of methoxy groups -OCH3 is 2. The summed E-state index contributed by atoms with van der Waals surface area (Å²) in [4.78, 5) is 11.8. The number of carbonyl (C=O) groups excluding carboxylic acids is 1. The molecular formula is C17H20N2O4. The van der Waals surface area contributed by atoms with E-state index in [9.17, 15) is 4.79 Å². The molecule has 0 unspecified atom stereocenters. The second-order valence-corrected chi connectivity index (χ2v) is 4.84. The third-order valence-electron chi connectivity index (χ3n) is 3.42. The Kier molecular flexibility index (Phi) is 6.08. The normalized spacial score (nSPS) is 10.7. The van der Waals surface area contributed by atoms with E-state index in [0.717, 1.165) is 16.3 Å². The predicted molar refractivity (Wildman–Crippen MR) is 88.1 cm³/mol. The summed E-state index contributed by atoms with van der Waals surface area (Å²) in [5.41, 5.74) is 0.806. The lowest BCUT2D eigenvalue weighted by molar-refractivity contribution is -0.129. The van der Waals surface area contributed by atoms with Crippen LogP contribution in [0.2, 0.25) is 0 Å². The molecule has 2 aromatic carbocycles. The average molecular weight is 316 g/mol. The molecule has 0 spiro atoms. The summed E-state index contributed by atoms with van der Waals surface area (Å²) in [5.74, 6) is 0.348. The monoisotopic (exact) mass is 316 g/mol. The van der Waals surface area contributed by atoms with Crippen molar-refractivity contribution < 1.29 is 19.0 Å². The van der Waals surface area contributed by atoms with Gasteiger partial charge >= 0.3 is 0 Å². The number of ether oxygens (including phenoxy) is 3. The van der Waals surface area contributed by atoms with Crippen LogP contribution >= 0.6 is 0 Å². The van der Waals surface area contributed by atoms with Crippen molar-refractivity contribution >= 4 is 22.9 Å². The first kappa shape index (κ1) is 16.9. The fraction of sp³-hybridized carbons (Fsp3) is 0.294. The Morgan fingerprint density at radius 1 is 1.17 bits per heavy atom. The minimum atomic E-state index is -0.480. The average Bonchev–Trinajstić information content (AvgIpc) is 2.60. The van der Waals surface area contributed by atoms with Crippen LogP contribution in [-0.2, 0) is 14.3 Å². The van der Waals surface area contributed by atoms with Crippen molar-refractivity contribution in [3.63, 3.8) is 0 Å². The highest BCUT2D eigenvalue weighted by Crippen LogP contribution is 2.27. The lowest BCUT2D eigenvalue weighted by Gasteiger charge is -2.15. The largest absolute Gasteiger partial charge is 0.483 e. The zero-order valence-electron chi connectivity index (χ0n) is 13.2. The maximum Gasteiger partial charge on any atom is 0.258 e. The Hall–Kier alpha value is -2.44. The Morgan fingerprint density at radius 2 is 1.87 bits per heavy atom. The van der Waals surface area contributed by atoms with Gasteiger partial charge in [0.25, 0.3) is 5.91 Å². The van der Waals surface area contributed by atoms with Crippen LogP contribution < -0.4 is 10.1 Å². The molecular weight excluding hydrogens is 296 g/mol. The summed E-state index contributed by atoms with van der Waals surface area (Å²) in [5, 5.41) is 11.9. The van der Waals surface area contributed by atoms with Gasteiger partial charge in [-0.1, -0.05) is 24.3 Å². The lowest BCUT2D eigenvalue weighted by atomic mass is 10.0. The molecule has 122 valence electrons. The van der Waals surface area contributed by atoms with Crippen LogP contribution in [-0.4, -0.2) is 45.8 Å². The molecule has 0 aromatic heterocycles. The maximum absolute atomic E-state index is 11.8. The molecule has 0 saturated carbocycles. The molecule has 0 aliphatic heterocycles. The molecule has 0 aliphatic carbocycles. The van der Waals surface area contributed by atoms with Crippen LogP contribution in [0, 0.1) is 5.41 Å². The lowest BCUT2D eigenvalue weighted by Crippen LogP contribution is -2.36. The fourth-order valence-corrected chi connectivity index (χ4v) is 2.20. The second-order valence-electron chi connectivity index (χ2n) is 4.84. The standard InChI is InChI=1S/C17H20N2O4/c1-21-17(22-2)10-19-16(20)11-23-15-8-7-12(9-18)13-5-3-4-6-14(13)15/h3-9,17-18H,10-11H2,1-2H3,(H,19,20).